The van der Waals surface area contributed by atoms with Gasteiger partial charge in [-0.15, -0.1) is 11.6 Å². The Morgan fingerprint density at radius 1 is 1.47 bits per heavy atom. The van der Waals surface area contributed by atoms with Crippen molar-refractivity contribution in [1.82, 2.24) is 9.62 Å². The third-order valence-corrected chi connectivity index (χ3v) is 3.57. The minimum absolute atomic E-state index is 0.0420. The number of halogens is 1. The Morgan fingerprint density at radius 3 is 2.53 bits per heavy atom. The number of sulfonamides is 1. The number of alkyl halides is 1. The van der Waals surface area contributed by atoms with E-state index in [-0.39, 0.29) is 18.2 Å². The zero-order valence-electron chi connectivity index (χ0n) is 8.99. The van der Waals surface area contributed by atoms with Crippen molar-refractivity contribution in [3.8, 4) is 0 Å². The average molecular weight is 257 g/mol. The monoisotopic (exact) mass is 256 g/mol. The predicted octanol–water partition coefficient (Wildman–Crippen LogP) is 0.0130. The van der Waals surface area contributed by atoms with Gasteiger partial charge in [-0.05, 0) is 13.3 Å². The molecule has 0 atom stereocenters. The molecule has 0 aliphatic rings. The van der Waals surface area contributed by atoms with E-state index in [0.717, 1.165) is 0 Å². The van der Waals surface area contributed by atoms with E-state index in [9.17, 15) is 13.2 Å². The number of nitrogens with zero attached hydrogens (tertiary/aromatic N) is 1. The van der Waals surface area contributed by atoms with Crippen LogP contribution < -0.4 is 4.72 Å². The summed E-state index contributed by atoms with van der Waals surface area (Å²) in [7, 11) is -1.74. The first kappa shape index (κ1) is 14.7. The first-order valence-corrected chi connectivity index (χ1v) is 6.89. The highest BCUT2D eigenvalue weighted by Crippen LogP contribution is 1.92. The standard InChI is InChI=1S/C8H17ClN2O3S/c1-3-11(2)8(12)7-10-15(13,14)6-4-5-9/h10H,3-7H2,1-2H3. The fraction of sp³-hybridized carbons (Fsp3) is 0.875. The molecule has 0 aromatic carbocycles. The highest BCUT2D eigenvalue weighted by molar-refractivity contribution is 7.89. The van der Waals surface area contributed by atoms with Crippen molar-refractivity contribution < 1.29 is 13.2 Å². The normalized spacial score (nSPS) is 11.4. The third kappa shape index (κ3) is 6.70. The summed E-state index contributed by atoms with van der Waals surface area (Å²) in [6.07, 6.45) is 0.384. The maximum absolute atomic E-state index is 11.3. The lowest BCUT2D eigenvalue weighted by atomic mass is 10.5. The Morgan fingerprint density at radius 2 is 2.07 bits per heavy atom. The molecule has 0 radical (unpaired) electrons. The van der Waals surface area contributed by atoms with Gasteiger partial charge < -0.3 is 4.90 Å². The van der Waals surface area contributed by atoms with E-state index < -0.39 is 10.0 Å². The van der Waals surface area contributed by atoms with Crippen LogP contribution in [0.2, 0.25) is 0 Å². The Balaban J connectivity index is 3.99. The first-order valence-electron chi connectivity index (χ1n) is 4.70. The molecule has 5 nitrogen and oxygen atoms in total. The molecular formula is C8H17ClN2O3S. The zero-order chi connectivity index (χ0) is 11.9. The molecule has 0 aliphatic carbocycles. The molecule has 0 fully saturated rings. The van der Waals surface area contributed by atoms with Gasteiger partial charge in [-0.2, -0.15) is 0 Å². The maximum Gasteiger partial charge on any atom is 0.237 e. The van der Waals surface area contributed by atoms with Crippen molar-refractivity contribution in [2.24, 2.45) is 0 Å². The Kier molecular flexibility index (Phi) is 6.87. The van der Waals surface area contributed by atoms with Crippen LogP contribution in [0.1, 0.15) is 13.3 Å². The van der Waals surface area contributed by atoms with E-state index in [2.05, 4.69) is 4.72 Å². The fourth-order valence-electron chi connectivity index (χ4n) is 0.800. The summed E-state index contributed by atoms with van der Waals surface area (Å²) < 4.78 is 24.8. The Hall–Kier alpha value is -0.330. The number of nitrogens with one attached hydrogen (secondary N) is 1. The van der Waals surface area contributed by atoms with Crippen LogP contribution in [0.4, 0.5) is 0 Å². The number of hydrogen-bond donors (Lipinski definition) is 1. The molecule has 90 valence electrons. The van der Waals surface area contributed by atoms with Crippen LogP contribution in [0.3, 0.4) is 0 Å². The molecule has 0 bridgehead atoms. The van der Waals surface area contributed by atoms with Crippen LogP contribution in [0.25, 0.3) is 0 Å². The summed E-state index contributed by atoms with van der Waals surface area (Å²) in [5.41, 5.74) is 0. The van der Waals surface area contributed by atoms with Gasteiger partial charge in [0.1, 0.15) is 0 Å². The highest BCUT2D eigenvalue weighted by atomic mass is 35.5. The third-order valence-electron chi connectivity index (χ3n) is 1.89. The number of carbonyl (C=O) groups is 1. The van der Waals surface area contributed by atoms with Crippen LogP contribution in [0.5, 0.6) is 0 Å². The molecule has 0 aromatic heterocycles. The Labute approximate surface area is 95.8 Å². The molecule has 15 heavy (non-hydrogen) atoms. The van der Waals surface area contributed by atoms with E-state index in [1.165, 1.54) is 4.90 Å². The second-order valence-electron chi connectivity index (χ2n) is 3.09. The number of amides is 1. The Bertz CT molecular complexity index is 292. The van der Waals surface area contributed by atoms with Gasteiger partial charge in [-0.25, -0.2) is 13.1 Å². The molecular weight excluding hydrogens is 240 g/mol. The molecule has 7 heteroatoms. The molecule has 0 aromatic rings. The number of hydrogen-bond acceptors (Lipinski definition) is 3. The van der Waals surface area contributed by atoms with Gasteiger partial charge in [0.25, 0.3) is 0 Å². The van der Waals surface area contributed by atoms with Crippen LogP contribution in [0, 0.1) is 0 Å². The van der Waals surface area contributed by atoms with Gasteiger partial charge in [0.2, 0.25) is 15.9 Å². The quantitative estimate of drug-likeness (QED) is 0.653. The van der Waals surface area contributed by atoms with Crippen molar-refractivity contribution >= 4 is 27.5 Å². The van der Waals surface area contributed by atoms with E-state index in [0.29, 0.717) is 18.8 Å². The first-order chi connectivity index (χ1) is 6.93. The molecule has 0 aliphatic heterocycles. The molecule has 1 N–H and O–H groups in total. The fourth-order valence-corrected chi connectivity index (χ4v) is 2.10. The van der Waals surface area contributed by atoms with Crippen molar-refractivity contribution in [3.05, 3.63) is 0 Å². The molecule has 0 saturated heterocycles. The van der Waals surface area contributed by atoms with Gasteiger partial charge in [-0.3, -0.25) is 4.79 Å². The van der Waals surface area contributed by atoms with Crippen LogP contribution in [-0.2, 0) is 14.8 Å². The SMILES string of the molecule is CCN(C)C(=O)CNS(=O)(=O)CCCCl. The van der Waals surface area contributed by atoms with E-state index in [1.54, 1.807) is 7.05 Å². The topological polar surface area (TPSA) is 66.5 Å². The van der Waals surface area contributed by atoms with Gasteiger partial charge >= 0.3 is 0 Å². The molecule has 0 unspecified atom stereocenters. The molecule has 0 saturated carbocycles. The number of carbonyl (C=O) groups excluding carboxylic acids is 1. The maximum atomic E-state index is 11.3. The van der Waals surface area contributed by atoms with Crippen LogP contribution >= 0.6 is 11.6 Å². The lowest BCUT2D eigenvalue weighted by Crippen LogP contribution is -2.38. The van der Waals surface area contributed by atoms with E-state index >= 15 is 0 Å². The second kappa shape index (κ2) is 7.03. The summed E-state index contributed by atoms with van der Waals surface area (Å²) in [6, 6.07) is 0. The molecule has 0 spiro atoms. The lowest BCUT2D eigenvalue weighted by Gasteiger charge is -2.14. The van der Waals surface area contributed by atoms with E-state index in [1.807, 2.05) is 6.92 Å². The van der Waals surface area contributed by atoms with Crippen molar-refractivity contribution in [1.29, 1.82) is 0 Å². The summed E-state index contributed by atoms with van der Waals surface area (Å²) in [5, 5.41) is 0. The van der Waals surface area contributed by atoms with Crippen LogP contribution in [-0.4, -0.2) is 51.0 Å². The van der Waals surface area contributed by atoms with Crippen LogP contribution in [0.15, 0.2) is 0 Å². The van der Waals surface area contributed by atoms with Crippen molar-refractivity contribution in [2.45, 2.75) is 13.3 Å². The minimum Gasteiger partial charge on any atom is -0.345 e. The summed E-state index contributed by atoms with van der Waals surface area (Å²) in [5.74, 6) is 0.00975. The van der Waals surface area contributed by atoms with Gasteiger partial charge in [0, 0.05) is 19.5 Å². The van der Waals surface area contributed by atoms with Gasteiger partial charge in [-0.1, -0.05) is 0 Å². The van der Waals surface area contributed by atoms with Gasteiger partial charge in [0.15, 0.2) is 0 Å². The largest absolute Gasteiger partial charge is 0.345 e. The van der Waals surface area contributed by atoms with Gasteiger partial charge in [0.05, 0.1) is 12.3 Å². The molecule has 0 heterocycles. The summed E-state index contributed by atoms with van der Waals surface area (Å²) >= 11 is 5.38. The minimum atomic E-state index is -3.36. The lowest BCUT2D eigenvalue weighted by molar-refractivity contribution is -0.128. The highest BCUT2D eigenvalue weighted by Gasteiger charge is 2.13. The summed E-state index contributed by atoms with van der Waals surface area (Å²) in [6.45, 7) is 2.19. The average Bonchev–Trinajstić information content (AvgIpc) is 2.22. The summed E-state index contributed by atoms with van der Waals surface area (Å²) in [4.78, 5) is 12.7. The van der Waals surface area contributed by atoms with E-state index in [4.69, 9.17) is 11.6 Å². The number of rotatable bonds is 7. The second-order valence-corrected chi connectivity index (χ2v) is 5.39. The molecule has 0 rings (SSSR count). The predicted molar refractivity (Wildman–Crippen MR) is 60.4 cm³/mol. The smallest absolute Gasteiger partial charge is 0.237 e. The van der Waals surface area contributed by atoms with Crippen molar-refractivity contribution in [2.75, 3.05) is 31.8 Å². The molecule has 1 amide bonds. The number of likely N-dealkylation sites (N-methyl/N-ethyl adjacent to an activating group) is 1. The zero-order valence-corrected chi connectivity index (χ0v) is 10.6. The van der Waals surface area contributed by atoms with Crippen molar-refractivity contribution in [3.63, 3.8) is 0 Å².